The van der Waals surface area contributed by atoms with E-state index in [2.05, 4.69) is 26.5 Å². The number of aromatic nitrogens is 4. The Morgan fingerprint density at radius 2 is 2.00 bits per heavy atom. The summed E-state index contributed by atoms with van der Waals surface area (Å²) in [6.07, 6.45) is 3.58. The summed E-state index contributed by atoms with van der Waals surface area (Å²) >= 11 is 0. The van der Waals surface area contributed by atoms with Crippen LogP contribution in [0.5, 0.6) is 0 Å². The van der Waals surface area contributed by atoms with Crippen molar-refractivity contribution in [3.05, 3.63) is 77.9 Å². The summed E-state index contributed by atoms with van der Waals surface area (Å²) in [6.45, 7) is 2.56. The minimum absolute atomic E-state index is 0.603. The van der Waals surface area contributed by atoms with Crippen molar-refractivity contribution in [1.82, 2.24) is 19.6 Å². The van der Waals surface area contributed by atoms with E-state index in [1.807, 2.05) is 43.3 Å². The van der Waals surface area contributed by atoms with E-state index < -0.39 is 0 Å². The van der Waals surface area contributed by atoms with Gasteiger partial charge in [0.1, 0.15) is 5.82 Å². The molecule has 6 nitrogen and oxygen atoms in total. The molecule has 1 N–H and O–H groups in total. The van der Waals surface area contributed by atoms with Crippen LogP contribution >= 0.6 is 0 Å². The van der Waals surface area contributed by atoms with Gasteiger partial charge in [-0.05, 0) is 36.8 Å². The fraction of sp³-hybridized carbons (Fsp3) is 0.100. The summed E-state index contributed by atoms with van der Waals surface area (Å²) in [6, 6.07) is 17.4. The van der Waals surface area contributed by atoms with Gasteiger partial charge < -0.3 is 5.32 Å². The summed E-state index contributed by atoms with van der Waals surface area (Å²) in [4.78, 5) is 8.98. The van der Waals surface area contributed by atoms with Gasteiger partial charge in [0.15, 0.2) is 5.65 Å². The van der Waals surface area contributed by atoms with E-state index in [1.54, 1.807) is 29.0 Å². The third kappa shape index (κ3) is 2.98. The van der Waals surface area contributed by atoms with Crippen LogP contribution in [0, 0.1) is 18.3 Å². The highest BCUT2D eigenvalue weighted by Crippen LogP contribution is 2.26. The van der Waals surface area contributed by atoms with Crippen LogP contribution in [-0.2, 0) is 6.54 Å². The first-order chi connectivity index (χ1) is 12.7. The van der Waals surface area contributed by atoms with Gasteiger partial charge in [-0.1, -0.05) is 18.2 Å². The summed E-state index contributed by atoms with van der Waals surface area (Å²) in [5.41, 5.74) is 5.17. The first kappa shape index (κ1) is 15.8. The fourth-order valence-electron chi connectivity index (χ4n) is 2.82. The number of nitrogens with one attached hydrogen (secondary N) is 1. The number of aryl methyl sites for hydroxylation is 1. The maximum atomic E-state index is 8.96. The Morgan fingerprint density at radius 3 is 2.73 bits per heavy atom. The lowest BCUT2D eigenvalue weighted by Crippen LogP contribution is -2.07. The van der Waals surface area contributed by atoms with E-state index >= 15 is 0 Å². The average Bonchev–Trinajstić information content (AvgIpc) is 3.11. The number of hydrogen-bond acceptors (Lipinski definition) is 5. The van der Waals surface area contributed by atoms with E-state index in [4.69, 9.17) is 5.26 Å². The molecule has 0 unspecified atom stereocenters. The number of fused-ring (bicyclic) bond motifs is 1. The molecular weight excluding hydrogens is 324 g/mol. The summed E-state index contributed by atoms with van der Waals surface area (Å²) in [7, 11) is 0. The lowest BCUT2D eigenvalue weighted by molar-refractivity contribution is 0.909. The number of rotatable bonds is 4. The second-order valence-electron chi connectivity index (χ2n) is 5.94. The van der Waals surface area contributed by atoms with Crippen LogP contribution in [0.25, 0.3) is 16.8 Å². The highest BCUT2D eigenvalue weighted by molar-refractivity contribution is 5.78. The predicted octanol–water partition coefficient (Wildman–Crippen LogP) is 3.58. The van der Waals surface area contributed by atoms with Gasteiger partial charge in [0.05, 0.1) is 30.1 Å². The molecule has 0 amide bonds. The molecule has 6 heteroatoms. The highest BCUT2D eigenvalue weighted by Gasteiger charge is 2.12. The van der Waals surface area contributed by atoms with Crippen LogP contribution in [0.1, 0.15) is 17.0 Å². The predicted molar refractivity (Wildman–Crippen MR) is 99.4 cm³/mol. The zero-order valence-corrected chi connectivity index (χ0v) is 14.2. The van der Waals surface area contributed by atoms with Crippen molar-refractivity contribution < 1.29 is 0 Å². The van der Waals surface area contributed by atoms with Crippen LogP contribution < -0.4 is 5.32 Å². The number of pyridine rings is 1. The fourth-order valence-corrected chi connectivity index (χ4v) is 2.82. The molecular formula is C20H16N6. The molecule has 0 saturated carbocycles. The first-order valence-electron chi connectivity index (χ1n) is 8.24. The minimum atomic E-state index is 0.603. The molecule has 0 saturated heterocycles. The van der Waals surface area contributed by atoms with Crippen molar-refractivity contribution in [2.24, 2.45) is 0 Å². The smallest absolute Gasteiger partial charge is 0.165 e. The Kier molecular flexibility index (Phi) is 4.04. The topological polar surface area (TPSA) is 78.9 Å². The minimum Gasteiger partial charge on any atom is -0.364 e. The van der Waals surface area contributed by atoms with Gasteiger partial charge in [0.2, 0.25) is 0 Å². The van der Waals surface area contributed by atoms with Crippen molar-refractivity contribution in [3.8, 4) is 17.2 Å². The van der Waals surface area contributed by atoms with Crippen molar-refractivity contribution in [2.75, 3.05) is 5.32 Å². The monoisotopic (exact) mass is 340 g/mol. The Hall–Kier alpha value is -3.72. The van der Waals surface area contributed by atoms with Crippen LogP contribution in [0.15, 0.2) is 60.9 Å². The zero-order chi connectivity index (χ0) is 17.9. The third-order valence-corrected chi connectivity index (χ3v) is 4.10. The van der Waals surface area contributed by atoms with Gasteiger partial charge in [-0.2, -0.15) is 14.9 Å². The molecule has 0 aliphatic carbocycles. The molecule has 26 heavy (non-hydrogen) atoms. The summed E-state index contributed by atoms with van der Waals surface area (Å²) in [5.74, 6) is 0.859. The zero-order valence-electron chi connectivity index (χ0n) is 14.2. The van der Waals surface area contributed by atoms with E-state index in [1.165, 1.54) is 0 Å². The Balaban J connectivity index is 1.71. The van der Waals surface area contributed by atoms with Crippen LogP contribution in [0.4, 0.5) is 5.82 Å². The van der Waals surface area contributed by atoms with Crippen LogP contribution in [0.2, 0.25) is 0 Å². The van der Waals surface area contributed by atoms with Gasteiger partial charge in [-0.15, -0.1) is 0 Å². The number of hydrogen-bond donors (Lipinski definition) is 1. The molecule has 0 aliphatic heterocycles. The Bertz CT molecular complexity index is 1090. The van der Waals surface area contributed by atoms with Gasteiger partial charge >= 0.3 is 0 Å². The molecule has 1 aromatic carbocycles. The van der Waals surface area contributed by atoms with Crippen LogP contribution in [-0.4, -0.2) is 19.6 Å². The SMILES string of the molecule is Cc1cc(NCc2ccccn2)n2ncc(-c3ccc(C#N)cc3)c2n1. The van der Waals surface area contributed by atoms with Gasteiger partial charge in [0.25, 0.3) is 0 Å². The summed E-state index contributed by atoms with van der Waals surface area (Å²) < 4.78 is 1.80. The number of benzene rings is 1. The van der Waals surface area contributed by atoms with E-state index in [0.717, 1.165) is 34.0 Å². The van der Waals surface area contributed by atoms with E-state index in [-0.39, 0.29) is 0 Å². The molecule has 0 aliphatic rings. The molecule has 126 valence electrons. The number of nitrogens with zero attached hydrogens (tertiary/aromatic N) is 5. The first-order valence-corrected chi connectivity index (χ1v) is 8.24. The van der Waals surface area contributed by atoms with E-state index in [9.17, 15) is 0 Å². The van der Waals surface area contributed by atoms with Crippen molar-refractivity contribution in [1.29, 1.82) is 5.26 Å². The molecule has 4 aromatic rings. The second-order valence-corrected chi connectivity index (χ2v) is 5.94. The molecule has 0 spiro atoms. The van der Waals surface area contributed by atoms with Gasteiger partial charge in [-0.25, -0.2) is 4.98 Å². The van der Waals surface area contributed by atoms with Crippen molar-refractivity contribution in [2.45, 2.75) is 13.5 Å². The molecule has 0 fully saturated rings. The highest BCUT2D eigenvalue weighted by atomic mass is 15.3. The van der Waals surface area contributed by atoms with Crippen LogP contribution in [0.3, 0.4) is 0 Å². The lowest BCUT2D eigenvalue weighted by atomic mass is 10.1. The standard InChI is InChI=1S/C20H16N6/c1-14-10-19(23-12-17-4-2-3-9-22-17)26-20(25-14)18(13-24-26)16-7-5-15(11-21)6-8-16/h2-10,13,23H,12H2,1H3. The third-order valence-electron chi connectivity index (χ3n) is 4.10. The van der Waals surface area contributed by atoms with Crippen molar-refractivity contribution in [3.63, 3.8) is 0 Å². The molecule has 3 heterocycles. The second kappa shape index (κ2) is 6.65. The van der Waals surface area contributed by atoms with E-state index in [0.29, 0.717) is 12.1 Å². The van der Waals surface area contributed by atoms with Crippen molar-refractivity contribution >= 4 is 11.5 Å². The molecule has 0 atom stereocenters. The van der Waals surface area contributed by atoms with Gasteiger partial charge in [-0.3, -0.25) is 4.98 Å². The molecule has 0 bridgehead atoms. The summed E-state index contributed by atoms with van der Waals surface area (Å²) in [5, 5.41) is 16.8. The number of nitriles is 1. The lowest BCUT2D eigenvalue weighted by Gasteiger charge is -2.09. The maximum Gasteiger partial charge on any atom is 0.165 e. The molecule has 4 rings (SSSR count). The maximum absolute atomic E-state index is 8.96. The molecule has 0 radical (unpaired) electrons. The molecule has 3 aromatic heterocycles. The van der Waals surface area contributed by atoms with Gasteiger partial charge in [0, 0.05) is 23.5 Å². The quantitative estimate of drug-likeness (QED) is 0.614. The average molecular weight is 340 g/mol. The normalized spacial score (nSPS) is 10.6. The number of anilines is 1. The Labute approximate surface area is 150 Å². The largest absolute Gasteiger partial charge is 0.364 e. The Morgan fingerprint density at radius 1 is 1.15 bits per heavy atom.